The van der Waals surface area contributed by atoms with Crippen molar-refractivity contribution >= 4 is 17.2 Å². The minimum absolute atomic E-state index is 0.176. The summed E-state index contributed by atoms with van der Waals surface area (Å²) in [6.07, 6.45) is 2.37. The number of benzene rings is 2. The predicted octanol–water partition coefficient (Wildman–Crippen LogP) is 5.35. The highest BCUT2D eigenvalue weighted by Gasteiger charge is 2.24. The van der Waals surface area contributed by atoms with Crippen LogP contribution in [0.2, 0.25) is 0 Å². The molecule has 1 fully saturated rings. The Kier molecular flexibility index (Phi) is 6.18. The number of ether oxygens (including phenoxy) is 1. The average molecular weight is 421 g/mol. The average Bonchev–Trinajstić information content (AvgIpc) is 3.18. The highest BCUT2D eigenvalue weighted by molar-refractivity contribution is 7.09. The molecule has 1 aliphatic heterocycles. The Balaban J connectivity index is 1.29. The van der Waals surface area contributed by atoms with E-state index in [9.17, 15) is 4.79 Å². The van der Waals surface area contributed by atoms with Crippen molar-refractivity contribution in [3.63, 3.8) is 0 Å². The molecule has 0 spiro atoms. The van der Waals surface area contributed by atoms with Crippen molar-refractivity contribution in [2.45, 2.75) is 46.1 Å². The van der Waals surface area contributed by atoms with Crippen LogP contribution in [0.1, 0.15) is 34.5 Å². The van der Waals surface area contributed by atoms with Crippen molar-refractivity contribution < 1.29 is 9.53 Å². The molecule has 0 saturated carbocycles. The van der Waals surface area contributed by atoms with Crippen LogP contribution in [0.15, 0.2) is 47.8 Å². The van der Waals surface area contributed by atoms with Gasteiger partial charge in [0.1, 0.15) is 11.9 Å². The number of carbonyl (C=O) groups is 1. The number of thiazole rings is 1. The lowest BCUT2D eigenvalue weighted by molar-refractivity contribution is -0.132. The first kappa shape index (κ1) is 20.6. The number of aryl methyl sites for hydroxylation is 3. The number of likely N-dealkylation sites (tertiary alicyclic amines) is 1. The predicted molar refractivity (Wildman–Crippen MR) is 122 cm³/mol. The van der Waals surface area contributed by atoms with Crippen LogP contribution in [-0.4, -0.2) is 35.0 Å². The fourth-order valence-corrected chi connectivity index (χ4v) is 4.43. The Morgan fingerprint density at radius 1 is 1.10 bits per heavy atom. The fourth-order valence-electron chi connectivity index (χ4n) is 3.81. The van der Waals surface area contributed by atoms with E-state index in [1.807, 2.05) is 24.0 Å². The Labute approximate surface area is 182 Å². The molecule has 3 aromatic rings. The molecule has 0 N–H and O–H groups in total. The third-order valence-corrected chi connectivity index (χ3v) is 6.43. The molecule has 0 bridgehead atoms. The number of nitrogens with zero attached hydrogens (tertiary/aromatic N) is 2. The van der Waals surface area contributed by atoms with Crippen LogP contribution < -0.4 is 4.74 Å². The number of piperidine rings is 1. The van der Waals surface area contributed by atoms with Gasteiger partial charge in [-0.05, 0) is 43.5 Å². The van der Waals surface area contributed by atoms with Crippen molar-refractivity contribution in [2.24, 2.45) is 0 Å². The van der Waals surface area contributed by atoms with Crippen molar-refractivity contribution in [3.05, 3.63) is 69.5 Å². The second-order valence-electron chi connectivity index (χ2n) is 8.09. The van der Waals surface area contributed by atoms with E-state index in [0.717, 1.165) is 59.1 Å². The van der Waals surface area contributed by atoms with Crippen molar-refractivity contribution in [2.75, 3.05) is 13.1 Å². The topological polar surface area (TPSA) is 42.4 Å². The van der Waals surface area contributed by atoms with Gasteiger partial charge in [-0.3, -0.25) is 4.79 Å². The van der Waals surface area contributed by atoms with E-state index in [4.69, 9.17) is 4.74 Å². The van der Waals surface area contributed by atoms with Crippen LogP contribution in [0.25, 0.3) is 11.3 Å². The number of amides is 1. The van der Waals surface area contributed by atoms with E-state index < -0.39 is 0 Å². The molecule has 4 nitrogen and oxygen atoms in total. The van der Waals surface area contributed by atoms with Crippen molar-refractivity contribution in [1.29, 1.82) is 0 Å². The first-order valence-electron chi connectivity index (χ1n) is 10.5. The fraction of sp³-hybridized carbons (Fsp3) is 0.360. The van der Waals surface area contributed by atoms with E-state index in [-0.39, 0.29) is 12.0 Å². The van der Waals surface area contributed by atoms with E-state index in [0.29, 0.717) is 6.42 Å². The van der Waals surface area contributed by atoms with E-state index >= 15 is 0 Å². The highest BCUT2D eigenvalue weighted by Crippen LogP contribution is 2.25. The molecule has 0 aliphatic carbocycles. The van der Waals surface area contributed by atoms with Gasteiger partial charge in [0.2, 0.25) is 5.91 Å². The lowest BCUT2D eigenvalue weighted by Gasteiger charge is -2.32. The van der Waals surface area contributed by atoms with Crippen LogP contribution in [0.5, 0.6) is 5.75 Å². The third-order valence-electron chi connectivity index (χ3n) is 5.66. The monoisotopic (exact) mass is 420 g/mol. The van der Waals surface area contributed by atoms with Gasteiger partial charge in [0, 0.05) is 36.9 Å². The quantitative estimate of drug-likeness (QED) is 0.559. The maximum atomic E-state index is 12.8. The number of hydrogen-bond acceptors (Lipinski definition) is 4. The normalized spacial score (nSPS) is 14.7. The molecule has 2 aromatic carbocycles. The Morgan fingerprint density at radius 3 is 2.50 bits per heavy atom. The molecule has 2 heterocycles. The second-order valence-corrected chi connectivity index (χ2v) is 9.15. The smallest absolute Gasteiger partial charge is 0.226 e. The summed E-state index contributed by atoms with van der Waals surface area (Å²) in [5, 5.41) is 3.13. The maximum absolute atomic E-state index is 12.8. The van der Waals surface area contributed by atoms with E-state index in [1.54, 1.807) is 11.3 Å². The lowest BCUT2D eigenvalue weighted by atomic mass is 10.0. The summed E-state index contributed by atoms with van der Waals surface area (Å²) in [4.78, 5) is 19.3. The van der Waals surface area contributed by atoms with Crippen LogP contribution in [0.4, 0.5) is 0 Å². The molecule has 1 aromatic heterocycles. The molecule has 5 heteroatoms. The molecule has 0 unspecified atom stereocenters. The zero-order chi connectivity index (χ0) is 21.1. The molecule has 30 heavy (non-hydrogen) atoms. The SMILES string of the molecule is Cc1ccc(C)c(OC2CCN(C(=O)Cc3ccc(-c4csc(C)n4)cc3)CC2)c1. The molecule has 1 amide bonds. The summed E-state index contributed by atoms with van der Waals surface area (Å²) in [7, 11) is 0. The van der Waals surface area contributed by atoms with Gasteiger partial charge in [-0.15, -0.1) is 11.3 Å². The van der Waals surface area contributed by atoms with Crippen LogP contribution in [-0.2, 0) is 11.2 Å². The van der Waals surface area contributed by atoms with Crippen molar-refractivity contribution in [1.82, 2.24) is 9.88 Å². The summed E-state index contributed by atoms with van der Waals surface area (Å²) in [6, 6.07) is 14.5. The van der Waals surface area contributed by atoms with Crippen LogP contribution in [0.3, 0.4) is 0 Å². The summed E-state index contributed by atoms with van der Waals surface area (Å²) < 4.78 is 6.23. The first-order chi connectivity index (χ1) is 14.5. The van der Waals surface area contributed by atoms with E-state index in [1.165, 1.54) is 5.56 Å². The summed E-state index contributed by atoms with van der Waals surface area (Å²) in [5.41, 5.74) is 5.51. The van der Waals surface area contributed by atoms with Gasteiger partial charge in [-0.1, -0.05) is 36.4 Å². The zero-order valence-electron chi connectivity index (χ0n) is 17.9. The molecule has 4 rings (SSSR count). The summed E-state index contributed by atoms with van der Waals surface area (Å²) in [6.45, 7) is 7.68. The third kappa shape index (κ3) is 4.90. The number of aromatic nitrogens is 1. The van der Waals surface area contributed by atoms with Gasteiger partial charge in [0.15, 0.2) is 0 Å². The zero-order valence-corrected chi connectivity index (χ0v) is 18.7. The first-order valence-corrected chi connectivity index (χ1v) is 11.4. The Hall–Kier alpha value is -2.66. The van der Waals surface area contributed by atoms with Gasteiger partial charge in [-0.25, -0.2) is 4.98 Å². The Morgan fingerprint density at radius 2 is 1.83 bits per heavy atom. The van der Waals surface area contributed by atoms with E-state index in [2.05, 4.69) is 54.5 Å². The largest absolute Gasteiger partial charge is 0.490 e. The molecule has 0 atom stereocenters. The number of rotatable bonds is 5. The minimum atomic E-state index is 0.176. The second kappa shape index (κ2) is 9.00. The maximum Gasteiger partial charge on any atom is 0.226 e. The van der Waals surface area contributed by atoms with Gasteiger partial charge < -0.3 is 9.64 Å². The molecular formula is C25H28N2O2S. The minimum Gasteiger partial charge on any atom is -0.490 e. The molecule has 0 radical (unpaired) electrons. The molecule has 156 valence electrons. The standard InChI is InChI=1S/C25H28N2O2S/c1-17-4-5-18(2)24(14-17)29-22-10-12-27(13-11-22)25(28)15-20-6-8-21(9-7-20)23-16-30-19(3)26-23/h4-9,14,16,22H,10-13,15H2,1-3H3. The van der Waals surface area contributed by atoms with Crippen LogP contribution in [0, 0.1) is 20.8 Å². The number of carbonyl (C=O) groups excluding carboxylic acids is 1. The summed E-state index contributed by atoms with van der Waals surface area (Å²) >= 11 is 1.65. The molecule has 1 saturated heterocycles. The van der Waals surface area contributed by atoms with Gasteiger partial charge >= 0.3 is 0 Å². The molecule has 1 aliphatic rings. The van der Waals surface area contributed by atoms with Crippen LogP contribution >= 0.6 is 11.3 Å². The Bertz CT molecular complexity index is 1020. The lowest BCUT2D eigenvalue weighted by Crippen LogP contribution is -2.42. The summed E-state index contributed by atoms with van der Waals surface area (Å²) in [5.74, 6) is 1.16. The van der Waals surface area contributed by atoms with Crippen molar-refractivity contribution in [3.8, 4) is 17.0 Å². The number of hydrogen-bond donors (Lipinski definition) is 0. The molecular weight excluding hydrogens is 392 g/mol. The van der Waals surface area contributed by atoms with Gasteiger partial charge in [0.05, 0.1) is 17.1 Å². The van der Waals surface area contributed by atoms with Gasteiger partial charge in [0.25, 0.3) is 0 Å². The van der Waals surface area contributed by atoms with Gasteiger partial charge in [-0.2, -0.15) is 0 Å². The highest BCUT2D eigenvalue weighted by atomic mass is 32.1.